The Labute approximate surface area is 105 Å². The Bertz CT molecular complexity index is 680. The van der Waals surface area contributed by atoms with E-state index in [1.807, 2.05) is 42.6 Å². The number of rotatable bonds is 2. The van der Waals surface area contributed by atoms with Crippen LogP contribution in [0.1, 0.15) is 0 Å². The molecule has 88 valence electrons. The molecule has 18 heavy (non-hydrogen) atoms. The Kier molecular flexibility index (Phi) is 2.65. The van der Waals surface area contributed by atoms with Crippen LogP contribution in [0, 0.1) is 0 Å². The highest BCUT2D eigenvalue weighted by molar-refractivity contribution is 5.97. The summed E-state index contributed by atoms with van der Waals surface area (Å²) in [5.74, 6) is 0.604. The highest BCUT2D eigenvalue weighted by atomic mass is 16.5. The predicted molar refractivity (Wildman–Crippen MR) is 71.5 cm³/mol. The minimum Gasteiger partial charge on any atom is -0.480 e. The number of benzene rings is 1. The fourth-order valence-corrected chi connectivity index (χ4v) is 2.06. The third-order valence-corrected chi connectivity index (χ3v) is 2.88. The van der Waals surface area contributed by atoms with Crippen molar-refractivity contribution < 1.29 is 4.74 Å². The van der Waals surface area contributed by atoms with E-state index >= 15 is 0 Å². The molecular formula is C15H12N2O. The monoisotopic (exact) mass is 236 g/mol. The number of nitrogens with zero attached hydrogens (tertiary/aromatic N) is 2. The fraction of sp³-hybridized carbons (Fsp3) is 0.0667. The van der Waals surface area contributed by atoms with Gasteiger partial charge in [0.1, 0.15) is 0 Å². The first-order valence-corrected chi connectivity index (χ1v) is 5.73. The van der Waals surface area contributed by atoms with Crippen molar-refractivity contribution >= 4 is 10.8 Å². The van der Waals surface area contributed by atoms with Gasteiger partial charge in [0, 0.05) is 17.8 Å². The molecule has 0 saturated carbocycles. The lowest BCUT2D eigenvalue weighted by molar-refractivity contribution is 0.400. The van der Waals surface area contributed by atoms with Gasteiger partial charge in [-0.3, -0.25) is 4.98 Å². The van der Waals surface area contributed by atoms with Crippen LogP contribution in [0.4, 0.5) is 0 Å². The second-order valence-corrected chi connectivity index (χ2v) is 3.94. The van der Waals surface area contributed by atoms with Crippen molar-refractivity contribution in [3.63, 3.8) is 0 Å². The number of hydrogen-bond donors (Lipinski definition) is 0. The van der Waals surface area contributed by atoms with Gasteiger partial charge in [-0.2, -0.15) is 0 Å². The zero-order valence-electron chi connectivity index (χ0n) is 10.00. The molecule has 0 N–H and O–H groups in total. The highest BCUT2D eigenvalue weighted by Crippen LogP contribution is 2.33. The average Bonchev–Trinajstić information content (AvgIpc) is 2.47. The van der Waals surface area contributed by atoms with Crippen LogP contribution in [0.3, 0.4) is 0 Å². The van der Waals surface area contributed by atoms with E-state index in [9.17, 15) is 0 Å². The zero-order valence-corrected chi connectivity index (χ0v) is 10.00. The predicted octanol–water partition coefficient (Wildman–Crippen LogP) is 3.31. The van der Waals surface area contributed by atoms with Crippen molar-refractivity contribution in [1.82, 2.24) is 9.97 Å². The largest absolute Gasteiger partial charge is 0.480 e. The van der Waals surface area contributed by atoms with Crippen LogP contribution in [0.25, 0.3) is 22.0 Å². The number of fused-ring (bicyclic) bond motifs is 1. The van der Waals surface area contributed by atoms with Gasteiger partial charge in [0.15, 0.2) is 0 Å². The normalized spacial score (nSPS) is 10.5. The van der Waals surface area contributed by atoms with Gasteiger partial charge in [0.2, 0.25) is 5.88 Å². The van der Waals surface area contributed by atoms with Crippen molar-refractivity contribution in [2.45, 2.75) is 0 Å². The number of ether oxygens (including phenoxy) is 1. The van der Waals surface area contributed by atoms with Gasteiger partial charge in [-0.1, -0.05) is 30.3 Å². The minimum absolute atomic E-state index is 0.604. The molecule has 3 rings (SSSR count). The summed E-state index contributed by atoms with van der Waals surface area (Å²) in [4.78, 5) is 8.73. The topological polar surface area (TPSA) is 35.0 Å². The summed E-state index contributed by atoms with van der Waals surface area (Å²) >= 11 is 0. The first-order chi connectivity index (χ1) is 8.90. The number of methoxy groups -OCH3 is 1. The summed E-state index contributed by atoms with van der Waals surface area (Å²) in [6, 6.07) is 13.9. The molecule has 2 heterocycles. The lowest BCUT2D eigenvalue weighted by Crippen LogP contribution is -1.94. The van der Waals surface area contributed by atoms with Crippen LogP contribution in [0.2, 0.25) is 0 Å². The number of aromatic nitrogens is 2. The molecular weight excluding hydrogens is 224 g/mol. The molecule has 0 amide bonds. The second-order valence-electron chi connectivity index (χ2n) is 3.94. The second kappa shape index (κ2) is 4.45. The van der Waals surface area contributed by atoms with Gasteiger partial charge in [0.25, 0.3) is 0 Å². The summed E-state index contributed by atoms with van der Waals surface area (Å²) in [5.41, 5.74) is 1.81. The van der Waals surface area contributed by atoms with Gasteiger partial charge in [-0.25, -0.2) is 4.98 Å². The molecule has 0 atom stereocenters. The van der Waals surface area contributed by atoms with E-state index in [2.05, 4.69) is 16.0 Å². The summed E-state index contributed by atoms with van der Waals surface area (Å²) in [6.07, 6.45) is 3.59. The molecule has 0 radical (unpaired) electrons. The lowest BCUT2D eigenvalue weighted by atomic mass is 10.0. The SMILES string of the molecule is COc1ncc2ccccc2c1-c1ccccn1. The van der Waals surface area contributed by atoms with Crippen molar-refractivity contribution in [2.75, 3.05) is 7.11 Å². The van der Waals surface area contributed by atoms with Gasteiger partial charge in [-0.05, 0) is 17.5 Å². The van der Waals surface area contributed by atoms with Crippen LogP contribution in [0.5, 0.6) is 5.88 Å². The summed E-state index contributed by atoms with van der Waals surface area (Å²) in [5, 5.41) is 2.18. The molecule has 1 aromatic carbocycles. The maximum atomic E-state index is 5.36. The Morgan fingerprint density at radius 3 is 2.56 bits per heavy atom. The van der Waals surface area contributed by atoms with Gasteiger partial charge < -0.3 is 4.74 Å². The first kappa shape index (κ1) is 10.7. The minimum atomic E-state index is 0.604. The average molecular weight is 236 g/mol. The summed E-state index contributed by atoms with van der Waals surface area (Å²) < 4.78 is 5.36. The van der Waals surface area contributed by atoms with E-state index in [4.69, 9.17) is 4.74 Å². The van der Waals surface area contributed by atoms with Crippen molar-refractivity contribution in [3.05, 3.63) is 54.9 Å². The van der Waals surface area contributed by atoms with E-state index in [1.165, 1.54) is 0 Å². The van der Waals surface area contributed by atoms with Gasteiger partial charge >= 0.3 is 0 Å². The third kappa shape index (κ3) is 1.70. The maximum Gasteiger partial charge on any atom is 0.223 e. The van der Waals surface area contributed by atoms with Crippen LogP contribution < -0.4 is 4.74 Å². The smallest absolute Gasteiger partial charge is 0.223 e. The number of pyridine rings is 2. The Morgan fingerprint density at radius 2 is 1.78 bits per heavy atom. The molecule has 0 fully saturated rings. The first-order valence-electron chi connectivity index (χ1n) is 5.73. The van der Waals surface area contributed by atoms with Crippen LogP contribution >= 0.6 is 0 Å². The summed E-state index contributed by atoms with van der Waals surface area (Å²) in [7, 11) is 1.63. The molecule has 0 unspecified atom stereocenters. The van der Waals surface area contributed by atoms with Crippen LogP contribution in [-0.4, -0.2) is 17.1 Å². The van der Waals surface area contributed by atoms with Crippen molar-refractivity contribution in [1.29, 1.82) is 0 Å². The molecule has 3 heteroatoms. The molecule has 0 aliphatic rings. The molecule has 3 nitrogen and oxygen atoms in total. The van der Waals surface area contributed by atoms with Crippen molar-refractivity contribution in [2.24, 2.45) is 0 Å². The number of hydrogen-bond acceptors (Lipinski definition) is 3. The summed E-state index contributed by atoms with van der Waals surface area (Å²) in [6.45, 7) is 0. The van der Waals surface area contributed by atoms with E-state index < -0.39 is 0 Å². The molecule has 0 spiro atoms. The van der Waals surface area contributed by atoms with Crippen LogP contribution in [0.15, 0.2) is 54.9 Å². The van der Waals surface area contributed by atoms with Crippen LogP contribution in [-0.2, 0) is 0 Å². The van der Waals surface area contributed by atoms with Gasteiger partial charge in [-0.15, -0.1) is 0 Å². The highest BCUT2D eigenvalue weighted by Gasteiger charge is 2.12. The quantitative estimate of drug-likeness (QED) is 0.684. The van der Waals surface area contributed by atoms with Crippen molar-refractivity contribution in [3.8, 4) is 17.1 Å². The van der Waals surface area contributed by atoms with E-state index in [0.717, 1.165) is 22.0 Å². The zero-order chi connectivity index (χ0) is 12.4. The Hall–Kier alpha value is -2.42. The molecule has 0 aliphatic carbocycles. The molecule has 2 aromatic heterocycles. The fourth-order valence-electron chi connectivity index (χ4n) is 2.06. The molecule has 0 aliphatic heterocycles. The Morgan fingerprint density at radius 1 is 0.944 bits per heavy atom. The molecule has 3 aromatic rings. The molecule has 0 bridgehead atoms. The van der Waals surface area contributed by atoms with E-state index in [-0.39, 0.29) is 0 Å². The van der Waals surface area contributed by atoms with Gasteiger partial charge in [0.05, 0.1) is 18.4 Å². The lowest BCUT2D eigenvalue weighted by Gasteiger charge is -2.10. The maximum absolute atomic E-state index is 5.36. The van der Waals surface area contributed by atoms with E-state index in [0.29, 0.717) is 5.88 Å². The standard InChI is InChI=1S/C15H12N2O/c1-18-15-14(13-8-4-5-9-16-13)12-7-3-2-6-11(12)10-17-15/h2-10H,1H3. The third-order valence-electron chi connectivity index (χ3n) is 2.88. The Balaban J connectivity index is 2.38. The van der Waals surface area contributed by atoms with E-state index in [1.54, 1.807) is 13.3 Å². The molecule has 0 saturated heterocycles.